The normalized spacial score (nSPS) is 9.73. The van der Waals surface area contributed by atoms with Gasteiger partial charge in [0.15, 0.2) is 0 Å². The molecule has 0 bridgehead atoms. The summed E-state index contributed by atoms with van der Waals surface area (Å²) in [7, 11) is 0. The van der Waals surface area contributed by atoms with E-state index >= 15 is 0 Å². The van der Waals surface area contributed by atoms with Crippen LogP contribution in [0, 0.1) is 27.2 Å². The Hall–Kier alpha value is -3.54. The topological polar surface area (TPSA) is 86.3 Å². The van der Waals surface area contributed by atoms with Crippen molar-refractivity contribution in [3.63, 3.8) is 0 Å². The number of para-hydroxylation sites is 2. The van der Waals surface area contributed by atoms with Gasteiger partial charge in [-0.15, -0.1) is 0 Å². The molecule has 0 spiro atoms. The second-order valence-corrected chi connectivity index (χ2v) is 5.65. The van der Waals surface area contributed by atoms with Crippen LogP contribution in [-0.2, 0) is 6.42 Å². The number of benzene rings is 3. The van der Waals surface area contributed by atoms with E-state index in [2.05, 4.69) is 61.5 Å². The van der Waals surface area contributed by atoms with E-state index in [1.54, 1.807) is 0 Å². The Balaban J connectivity index is 0.000000190. The number of aryl methyl sites for hydroxylation is 1. The highest BCUT2D eigenvalue weighted by molar-refractivity contribution is 5.51. The van der Waals surface area contributed by atoms with Crippen LogP contribution in [0.3, 0.4) is 0 Å². The summed E-state index contributed by atoms with van der Waals surface area (Å²) >= 11 is 0. The third-order valence-corrected chi connectivity index (χ3v) is 3.65. The van der Waals surface area contributed by atoms with Gasteiger partial charge in [0.05, 0.1) is 9.85 Å². The molecule has 3 rings (SSSR count). The largest absolute Gasteiger partial charge is 0.346 e. The Kier molecular flexibility index (Phi) is 6.56. The molecular weight excluding hydrogens is 332 g/mol. The lowest BCUT2D eigenvalue weighted by Crippen LogP contribution is -1.95. The van der Waals surface area contributed by atoms with Crippen LogP contribution in [0.2, 0.25) is 0 Å². The van der Waals surface area contributed by atoms with Crippen LogP contribution in [-0.4, -0.2) is 9.85 Å². The molecule has 0 N–H and O–H groups in total. The highest BCUT2D eigenvalue weighted by atomic mass is 16.6. The van der Waals surface area contributed by atoms with E-state index < -0.39 is 21.2 Å². The smallest absolute Gasteiger partial charge is 0.258 e. The summed E-state index contributed by atoms with van der Waals surface area (Å²) in [5.41, 5.74) is 3.10. The number of hydrogen-bond acceptors (Lipinski definition) is 4. The van der Waals surface area contributed by atoms with E-state index in [1.807, 2.05) is 0 Å². The molecule has 0 saturated carbocycles. The first-order chi connectivity index (χ1) is 12.5. The van der Waals surface area contributed by atoms with Crippen molar-refractivity contribution in [3.8, 4) is 0 Å². The SMILES string of the molecule is Cc1ccc(Cc2ccccc2)cc1.O=[N+]([O-])c1ccccc1[N+](=O)[O-]. The molecule has 0 heterocycles. The lowest BCUT2D eigenvalue weighted by atomic mass is 10.0. The fourth-order valence-electron chi connectivity index (χ4n) is 2.31. The number of nitro benzene ring substituents is 2. The molecule has 0 aromatic heterocycles. The molecule has 0 unspecified atom stereocenters. The number of nitro groups is 2. The lowest BCUT2D eigenvalue weighted by molar-refractivity contribution is -0.422. The number of rotatable bonds is 4. The van der Waals surface area contributed by atoms with Crippen molar-refractivity contribution in [1.82, 2.24) is 0 Å². The minimum Gasteiger partial charge on any atom is -0.258 e. The van der Waals surface area contributed by atoms with E-state index in [-0.39, 0.29) is 0 Å². The fourth-order valence-corrected chi connectivity index (χ4v) is 2.31. The molecule has 3 aromatic carbocycles. The van der Waals surface area contributed by atoms with Gasteiger partial charge in [-0.2, -0.15) is 0 Å². The molecule has 0 aliphatic heterocycles. The fraction of sp³-hybridized carbons (Fsp3) is 0.100. The van der Waals surface area contributed by atoms with Crippen molar-refractivity contribution in [3.05, 3.63) is 116 Å². The third-order valence-electron chi connectivity index (χ3n) is 3.65. The van der Waals surface area contributed by atoms with E-state index in [4.69, 9.17) is 0 Å². The molecule has 6 nitrogen and oxygen atoms in total. The highest BCUT2D eigenvalue weighted by Gasteiger charge is 2.21. The van der Waals surface area contributed by atoms with E-state index in [1.165, 1.54) is 28.8 Å². The number of nitrogens with zero attached hydrogens (tertiary/aromatic N) is 2. The van der Waals surface area contributed by atoms with Gasteiger partial charge in [-0.25, -0.2) is 0 Å². The summed E-state index contributed by atoms with van der Waals surface area (Å²) in [6.07, 6.45) is 1.03. The van der Waals surface area contributed by atoms with E-state index in [0.29, 0.717) is 0 Å². The van der Waals surface area contributed by atoms with Crippen molar-refractivity contribution < 1.29 is 9.85 Å². The second kappa shape index (κ2) is 9.08. The maximum absolute atomic E-state index is 10.2. The second-order valence-electron chi connectivity index (χ2n) is 5.65. The van der Waals surface area contributed by atoms with Gasteiger partial charge < -0.3 is 0 Å². The van der Waals surface area contributed by atoms with Gasteiger partial charge in [0.25, 0.3) is 0 Å². The summed E-state index contributed by atoms with van der Waals surface area (Å²) < 4.78 is 0. The van der Waals surface area contributed by atoms with Gasteiger partial charge in [0.2, 0.25) is 0 Å². The molecule has 0 radical (unpaired) electrons. The van der Waals surface area contributed by atoms with Crippen LogP contribution >= 0.6 is 0 Å². The maximum atomic E-state index is 10.2. The molecular formula is C20H18N2O4. The van der Waals surface area contributed by atoms with E-state index in [9.17, 15) is 20.2 Å². The first-order valence-corrected chi connectivity index (χ1v) is 7.94. The van der Waals surface area contributed by atoms with Crippen LogP contribution in [0.4, 0.5) is 11.4 Å². The molecule has 0 fully saturated rings. The van der Waals surface area contributed by atoms with Crippen LogP contribution in [0.5, 0.6) is 0 Å². The highest BCUT2D eigenvalue weighted by Crippen LogP contribution is 2.24. The molecule has 0 aliphatic carbocycles. The average Bonchev–Trinajstić information content (AvgIpc) is 2.65. The lowest BCUT2D eigenvalue weighted by Gasteiger charge is -2.01. The van der Waals surface area contributed by atoms with Gasteiger partial charge in [0, 0.05) is 12.1 Å². The Morgan fingerprint density at radius 1 is 0.654 bits per heavy atom. The first-order valence-electron chi connectivity index (χ1n) is 7.94. The molecule has 0 atom stereocenters. The minimum atomic E-state index is -0.780. The minimum absolute atomic E-state index is 0.484. The summed E-state index contributed by atoms with van der Waals surface area (Å²) in [6.45, 7) is 2.12. The zero-order valence-electron chi connectivity index (χ0n) is 14.2. The van der Waals surface area contributed by atoms with Crippen LogP contribution in [0.15, 0.2) is 78.9 Å². The van der Waals surface area contributed by atoms with Crippen molar-refractivity contribution in [1.29, 1.82) is 0 Å². The van der Waals surface area contributed by atoms with Crippen LogP contribution in [0.1, 0.15) is 16.7 Å². The molecule has 0 amide bonds. The summed E-state index contributed by atoms with van der Waals surface area (Å²) in [5, 5.41) is 20.5. The quantitative estimate of drug-likeness (QED) is 0.484. The van der Waals surface area contributed by atoms with Crippen molar-refractivity contribution in [2.45, 2.75) is 13.3 Å². The molecule has 132 valence electrons. The summed E-state index contributed by atoms with van der Waals surface area (Å²) in [4.78, 5) is 18.9. The molecule has 6 heteroatoms. The van der Waals surface area contributed by atoms with Gasteiger partial charge in [-0.3, -0.25) is 20.2 Å². The molecule has 0 saturated heterocycles. The monoisotopic (exact) mass is 350 g/mol. The maximum Gasteiger partial charge on any atom is 0.346 e. The first kappa shape index (κ1) is 18.8. The zero-order valence-corrected chi connectivity index (χ0v) is 14.2. The standard InChI is InChI=1S/C14H14.C6H4N2O4/c1-12-7-9-14(10-8-12)11-13-5-3-2-4-6-13;9-7(10)5-3-1-2-4-6(5)8(11)12/h2-10H,11H2,1H3;1-4H. The molecule has 0 aliphatic rings. The van der Waals surface area contributed by atoms with Crippen LogP contribution < -0.4 is 0 Å². The Labute approximate surface area is 151 Å². The van der Waals surface area contributed by atoms with Crippen molar-refractivity contribution >= 4 is 11.4 Å². The Bertz CT molecular complexity index is 845. The average molecular weight is 350 g/mol. The Morgan fingerprint density at radius 2 is 1.08 bits per heavy atom. The van der Waals surface area contributed by atoms with Crippen molar-refractivity contribution in [2.75, 3.05) is 0 Å². The molecule has 3 aromatic rings. The van der Waals surface area contributed by atoms with Gasteiger partial charge in [-0.1, -0.05) is 72.3 Å². The molecule has 26 heavy (non-hydrogen) atoms. The van der Waals surface area contributed by atoms with Gasteiger partial charge >= 0.3 is 11.4 Å². The number of hydrogen-bond donors (Lipinski definition) is 0. The van der Waals surface area contributed by atoms with Gasteiger partial charge in [-0.05, 0) is 24.5 Å². The summed E-state index contributed by atoms with van der Waals surface area (Å²) in [5.74, 6) is 0. The third kappa shape index (κ3) is 5.52. The zero-order chi connectivity index (χ0) is 18.9. The predicted molar refractivity (Wildman–Crippen MR) is 100 cm³/mol. The van der Waals surface area contributed by atoms with E-state index in [0.717, 1.165) is 18.6 Å². The van der Waals surface area contributed by atoms with Gasteiger partial charge in [0.1, 0.15) is 0 Å². The predicted octanol–water partition coefficient (Wildman–Crippen LogP) is 5.09. The Morgan fingerprint density at radius 3 is 1.54 bits per heavy atom. The van der Waals surface area contributed by atoms with Crippen molar-refractivity contribution in [2.24, 2.45) is 0 Å². The summed E-state index contributed by atoms with van der Waals surface area (Å²) in [6, 6.07) is 24.2. The van der Waals surface area contributed by atoms with Crippen LogP contribution in [0.25, 0.3) is 0 Å².